The van der Waals surface area contributed by atoms with Gasteiger partial charge < -0.3 is 10.2 Å². The van der Waals surface area contributed by atoms with Gasteiger partial charge in [-0.1, -0.05) is 26.8 Å². The Kier molecular flexibility index (Phi) is 5.52. The van der Waals surface area contributed by atoms with E-state index in [1.54, 1.807) is 6.07 Å². The molecule has 1 aromatic carbocycles. The highest BCUT2D eigenvalue weighted by Crippen LogP contribution is 2.36. The zero-order valence-electron chi connectivity index (χ0n) is 13.6. The predicted octanol–water partition coefficient (Wildman–Crippen LogP) is 4.55. The molecule has 0 saturated carbocycles. The Balaban J connectivity index is 2.60. The topological polar surface area (TPSA) is 35.2 Å². The van der Waals surface area contributed by atoms with Gasteiger partial charge in [0.15, 0.2) is 8.32 Å². The minimum absolute atomic E-state index is 0.171. The van der Waals surface area contributed by atoms with Crippen molar-refractivity contribution >= 4 is 8.32 Å². The van der Waals surface area contributed by atoms with E-state index in [2.05, 4.69) is 33.9 Å². The summed E-state index contributed by atoms with van der Waals surface area (Å²) in [6.45, 7) is 13.7. The minimum atomic E-state index is -1.73. The molecule has 0 amide bonds. The molecule has 1 aromatic rings. The Bertz CT molecular complexity index is 454. The Morgan fingerprint density at radius 3 is 2.45 bits per heavy atom. The van der Waals surface area contributed by atoms with Crippen LogP contribution in [0.15, 0.2) is 18.2 Å². The summed E-state index contributed by atoms with van der Waals surface area (Å²) in [5.74, 6) is -0.230. The van der Waals surface area contributed by atoms with E-state index in [9.17, 15) is 4.39 Å². The number of aryl methyl sites for hydroxylation is 1. The number of halogens is 1. The highest BCUT2D eigenvalue weighted by atomic mass is 28.4. The van der Waals surface area contributed by atoms with Crippen LogP contribution in [0.4, 0.5) is 4.39 Å². The van der Waals surface area contributed by atoms with Gasteiger partial charge in [0.25, 0.3) is 0 Å². The van der Waals surface area contributed by atoms with Crippen molar-refractivity contribution in [2.24, 2.45) is 5.73 Å². The van der Waals surface area contributed by atoms with Gasteiger partial charge in [0.2, 0.25) is 0 Å². The molecule has 0 saturated heterocycles. The number of nitrogens with two attached hydrogens (primary N) is 1. The highest BCUT2D eigenvalue weighted by molar-refractivity contribution is 6.74. The first-order valence-corrected chi connectivity index (χ1v) is 10.1. The third-order valence-electron chi connectivity index (χ3n) is 4.34. The van der Waals surface area contributed by atoms with Crippen LogP contribution in [-0.4, -0.2) is 14.9 Å². The van der Waals surface area contributed by atoms with E-state index >= 15 is 0 Å². The fourth-order valence-corrected chi connectivity index (χ4v) is 2.89. The molecule has 20 heavy (non-hydrogen) atoms. The van der Waals surface area contributed by atoms with Crippen LogP contribution in [0.25, 0.3) is 0 Å². The molecule has 0 fully saturated rings. The maximum atomic E-state index is 13.3. The van der Waals surface area contributed by atoms with Crippen LogP contribution in [0.3, 0.4) is 0 Å². The molecule has 1 atom stereocenters. The van der Waals surface area contributed by atoms with Gasteiger partial charge >= 0.3 is 0 Å². The van der Waals surface area contributed by atoms with E-state index in [4.69, 9.17) is 10.2 Å². The van der Waals surface area contributed by atoms with Gasteiger partial charge in [-0.2, -0.15) is 0 Å². The summed E-state index contributed by atoms with van der Waals surface area (Å²) >= 11 is 0. The molecule has 114 valence electrons. The normalized spacial score (nSPS) is 14.4. The first kappa shape index (κ1) is 17.3. The standard InChI is InChI=1S/C16H28FNOSi/c1-12-7-8-13(17)11-14(12)15(18)9-10-19-20(5,6)16(2,3)4/h7-8,11,15H,9-10,18H2,1-6H3/t15-/m0/s1. The van der Waals surface area contributed by atoms with Crippen LogP contribution >= 0.6 is 0 Å². The number of benzene rings is 1. The van der Waals surface area contributed by atoms with Crippen LogP contribution in [-0.2, 0) is 4.43 Å². The third kappa shape index (κ3) is 4.40. The van der Waals surface area contributed by atoms with Gasteiger partial charge in [-0.05, 0) is 54.7 Å². The number of rotatable bonds is 5. The molecule has 2 nitrogen and oxygen atoms in total. The second-order valence-electron chi connectivity index (χ2n) is 7.00. The summed E-state index contributed by atoms with van der Waals surface area (Å²) in [6, 6.07) is 4.61. The molecule has 0 spiro atoms. The van der Waals surface area contributed by atoms with Crippen molar-refractivity contribution in [1.82, 2.24) is 0 Å². The van der Waals surface area contributed by atoms with Crippen molar-refractivity contribution < 1.29 is 8.82 Å². The lowest BCUT2D eigenvalue weighted by Crippen LogP contribution is -2.41. The largest absolute Gasteiger partial charge is 0.417 e. The Hall–Kier alpha value is -0.713. The lowest BCUT2D eigenvalue weighted by Gasteiger charge is -2.36. The van der Waals surface area contributed by atoms with Crippen molar-refractivity contribution in [3.05, 3.63) is 35.1 Å². The van der Waals surface area contributed by atoms with Gasteiger partial charge in [-0.25, -0.2) is 4.39 Å². The fraction of sp³-hybridized carbons (Fsp3) is 0.625. The summed E-state index contributed by atoms with van der Waals surface area (Å²) in [5.41, 5.74) is 8.08. The van der Waals surface area contributed by atoms with Gasteiger partial charge in [-0.15, -0.1) is 0 Å². The lowest BCUT2D eigenvalue weighted by atomic mass is 10.00. The fourth-order valence-electron chi connectivity index (χ4n) is 1.82. The van der Waals surface area contributed by atoms with Crippen LogP contribution in [0.5, 0.6) is 0 Å². The van der Waals surface area contributed by atoms with E-state index in [0.29, 0.717) is 6.61 Å². The summed E-state index contributed by atoms with van der Waals surface area (Å²) in [7, 11) is -1.73. The van der Waals surface area contributed by atoms with Crippen molar-refractivity contribution in [2.75, 3.05) is 6.61 Å². The number of hydrogen-bond donors (Lipinski definition) is 1. The van der Waals surface area contributed by atoms with E-state index in [1.807, 2.05) is 6.92 Å². The van der Waals surface area contributed by atoms with Gasteiger partial charge in [-0.3, -0.25) is 0 Å². The lowest BCUT2D eigenvalue weighted by molar-refractivity contribution is 0.272. The smallest absolute Gasteiger partial charge is 0.191 e. The Labute approximate surface area is 123 Å². The molecule has 0 heterocycles. The summed E-state index contributed by atoms with van der Waals surface area (Å²) < 4.78 is 19.4. The zero-order chi connectivity index (χ0) is 15.6. The molecular formula is C16H28FNOSi. The maximum Gasteiger partial charge on any atom is 0.191 e. The monoisotopic (exact) mass is 297 g/mol. The zero-order valence-corrected chi connectivity index (χ0v) is 14.6. The van der Waals surface area contributed by atoms with Crippen molar-refractivity contribution in [1.29, 1.82) is 0 Å². The number of hydrogen-bond acceptors (Lipinski definition) is 2. The highest BCUT2D eigenvalue weighted by Gasteiger charge is 2.36. The van der Waals surface area contributed by atoms with Crippen molar-refractivity contribution in [2.45, 2.75) is 58.3 Å². The average molecular weight is 297 g/mol. The van der Waals surface area contributed by atoms with Crippen LogP contribution < -0.4 is 5.73 Å². The van der Waals surface area contributed by atoms with Crippen molar-refractivity contribution in [3.8, 4) is 0 Å². The van der Waals surface area contributed by atoms with Crippen LogP contribution in [0.1, 0.15) is 44.4 Å². The predicted molar refractivity (Wildman–Crippen MR) is 85.8 cm³/mol. The second-order valence-corrected chi connectivity index (χ2v) is 11.8. The molecule has 1 rings (SSSR count). The van der Waals surface area contributed by atoms with Crippen LogP contribution in [0.2, 0.25) is 18.1 Å². The molecule has 0 unspecified atom stereocenters. The molecule has 0 aromatic heterocycles. The second kappa shape index (κ2) is 6.37. The van der Waals surface area contributed by atoms with E-state index in [0.717, 1.165) is 17.5 Å². The molecule has 0 aliphatic carbocycles. The maximum absolute atomic E-state index is 13.3. The summed E-state index contributed by atoms with van der Waals surface area (Å²) in [6.07, 6.45) is 0.719. The molecule has 0 aliphatic heterocycles. The van der Waals surface area contributed by atoms with E-state index in [1.165, 1.54) is 12.1 Å². The Morgan fingerprint density at radius 1 is 1.30 bits per heavy atom. The van der Waals surface area contributed by atoms with Gasteiger partial charge in [0, 0.05) is 12.6 Å². The molecular weight excluding hydrogens is 269 g/mol. The SMILES string of the molecule is Cc1ccc(F)cc1[C@@H](N)CCO[Si](C)(C)C(C)(C)C. The molecule has 0 bridgehead atoms. The molecule has 4 heteroatoms. The molecule has 0 aliphatic rings. The van der Waals surface area contributed by atoms with Crippen LogP contribution in [0, 0.1) is 12.7 Å². The summed E-state index contributed by atoms with van der Waals surface area (Å²) in [4.78, 5) is 0. The minimum Gasteiger partial charge on any atom is -0.417 e. The first-order valence-electron chi connectivity index (χ1n) is 7.20. The van der Waals surface area contributed by atoms with Gasteiger partial charge in [0.1, 0.15) is 5.82 Å². The van der Waals surface area contributed by atoms with Crippen molar-refractivity contribution in [3.63, 3.8) is 0 Å². The van der Waals surface area contributed by atoms with E-state index < -0.39 is 8.32 Å². The summed E-state index contributed by atoms with van der Waals surface area (Å²) in [5, 5.41) is 0.200. The molecule has 0 radical (unpaired) electrons. The first-order chi connectivity index (χ1) is 9.04. The van der Waals surface area contributed by atoms with Gasteiger partial charge in [0.05, 0.1) is 0 Å². The third-order valence-corrected chi connectivity index (χ3v) is 8.88. The molecule has 2 N–H and O–H groups in total. The van der Waals surface area contributed by atoms with E-state index in [-0.39, 0.29) is 16.9 Å². The Morgan fingerprint density at radius 2 is 1.90 bits per heavy atom. The average Bonchev–Trinajstić information content (AvgIpc) is 2.30. The quantitative estimate of drug-likeness (QED) is 0.809.